The Labute approximate surface area is 150 Å². The molecule has 132 valence electrons. The van der Waals surface area contributed by atoms with E-state index in [0.29, 0.717) is 31.0 Å². The molecular formula is C19H18FN5O. The molecule has 0 aliphatic carbocycles. The number of aromatic amines is 1. The fraction of sp³-hybridized carbons (Fsp3) is 0.316. The monoisotopic (exact) mass is 351 g/mol. The Kier molecular flexibility index (Phi) is 4.61. The Morgan fingerprint density at radius 2 is 2.27 bits per heavy atom. The third kappa shape index (κ3) is 3.57. The number of alkyl halides is 1. The maximum Gasteiger partial charge on any atom is 0.140 e. The Bertz CT molecular complexity index is 936. The summed E-state index contributed by atoms with van der Waals surface area (Å²) >= 11 is 0. The van der Waals surface area contributed by atoms with Gasteiger partial charge in [0.05, 0.1) is 22.7 Å². The number of fused-ring (bicyclic) bond motifs is 1. The van der Waals surface area contributed by atoms with Gasteiger partial charge in [0, 0.05) is 32.0 Å². The Morgan fingerprint density at radius 1 is 1.35 bits per heavy atom. The number of rotatable bonds is 5. The van der Waals surface area contributed by atoms with Crippen molar-refractivity contribution >= 4 is 11.0 Å². The summed E-state index contributed by atoms with van der Waals surface area (Å²) in [5.74, 6) is 0.632. The highest BCUT2D eigenvalue weighted by Crippen LogP contribution is 2.21. The molecule has 3 heterocycles. The van der Waals surface area contributed by atoms with Crippen LogP contribution in [0.25, 0.3) is 11.0 Å². The highest BCUT2D eigenvalue weighted by atomic mass is 19.1. The van der Waals surface area contributed by atoms with Gasteiger partial charge in [-0.15, -0.1) is 0 Å². The fourth-order valence-corrected chi connectivity index (χ4v) is 3.23. The van der Waals surface area contributed by atoms with Gasteiger partial charge in [-0.05, 0) is 29.8 Å². The molecule has 0 spiro atoms. The van der Waals surface area contributed by atoms with E-state index in [-0.39, 0.29) is 6.61 Å². The van der Waals surface area contributed by atoms with Gasteiger partial charge in [-0.1, -0.05) is 6.07 Å². The number of imidazole rings is 1. The number of halogens is 1. The molecule has 1 aliphatic rings. The van der Waals surface area contributed by atoms with Crippen molar-refractivity contribution in [3.63, 3.8) is 0 Å². The largest absolute Gasteiger partial charge is 0.366 e. The van der Waals surface area contributed by atoms with Crippen molar-refractivity contribution in [3.05, 3.63) is 59.7 Å². The molecule has 1 fully saturated rings. The van der Waals surface area contributed by atoms with Gasteiger partial charge >= 0.3 is 0 Å². The molecule has 0 saturated carbocycles. The van der Waals surface area contributed by atoms with Crippen molar-refractivity contribution in [2.75, 3.05) is 13.1 Å². The molecule has 0 radical (unpaired) electrons. The molecule has 26 heavy (non-hydrogen) atoms. The van der Waals surface area contributed by atoms with Crippen LogP contribution in [0.2, 0.25) is 0 Å². The van der Waals surface area contributed by atoms with Crippen molar-refractivity contribution in [1.82, 2.24) is 19.9 Å². The van der Waals surface area contributed by atoms with Gasteiger partial charge in [-0.25, -0.2) is 9.37 Å². The molecule has 0 amide bonds. The van der Waals surface area contributed by atoms with Gasteiger partial charge in [0.15, 0.2) is 0 Å². The number of benzene rings is 1. The smallest absolute Gasteiger partial charge is 0.140 e. The molecule has 1 aliphatic heterocycles. The van der Waals surface area contributed by atoms with Crippen molar-refractivity contribution in [2.24, 2.45) is 0 Å². The molecule has 2 aromatic heterocycles. The summed E-state index contributed by atoms with van der Waals surface area (Å²) in [7, 11) is 0. The van der Waals surface area contributed by atoms with Crippen LogP contribution in [0, 0.1) is 11.3 Å². The zero-order valence-electron chi connectivity index (χ0n) is 14.1. The van der Waals surface area contributed by atoms with Crippen LogP contribution in [0.1, 0.15) is 17.0 Å². The van der Waals surface area contributed by atoms with Gasteiger partial charge in [0.2, 0.25) is 0 Å². The number of hydrogen-bond donors (Lipinski definition) is 1. The van der Waals surface area contributed by atoms with E-state index < -0.39 is 12.3 Å². The first kappa shape index (κ1) is 16.6. The summed E-state index contributed by atoms with van der Waals surface area (Å²) in [6.45, 7) is 1.76. The van der Waals surface area contributed by atoms with E-state index in [2.05, 4.69) is 21.0 Å². The second-order valence-electron chi connectivity index (χ2n) is 6.45. The van der Waals surface area contributed by atoms with Crippen LogP contribution in [-0.2, 0) is 17.9 Å². The van der Waals surface area contributed by atoms with Gasteiger partial charge < -0.3 is 9.72 Å². The highest BCUT2D eigenvalue weighted by molar-refractivity contribution is 5.76. The van der Waals surface area contributed by atoms with E-state index in [4.69, 9.17) is 10.00 Å². The number of nitriles is 1. The van der Waals surface area contributed by atoms with Gasteiger partial charge in [0.25, 0.3) is 0 Å². The van der Waals surface area contributed by atoms with Crippen molar-refractivity contribution < 1.29 is 9.13 Å². The first-order chi connectivity index (χ1) is 12.7. The van der Waals surface area contributed by atoms with E-state index in [1.165, 1.54) is 0 Å². The molecule has 7 heteroatoms. The van der Waals surface area contributed by atoms with Crippen molar-refractivity contribution in [1.29, 1.82) is 5.26 Å². The Balaban J connectivity index is 1.36. The Morgan fingerprint density at radius 3 is 3.08 bits per heavy atom. The molecule has 3 aromatic rings. The van der Waals surface area contributed by atoms with Crippen LogP contribution < -0.4 is 0 Å². The number of pyridine rings is 1. The Hall–Kier alpha value is -2.82. The molecule has 6 nitrogen and oxygen atoms in total. The predicted molar refractivity (Wildman–Crippen MR) is 93.8 cm³/mol. The number of H-pyrrole nitrogens is 1. The molecular weight excluding hydrogens is 333 g/mol. The number of aromatic nitrogens is 3. The summed E-state index contributed by atoms with van der Waals surface area (Å²) in [6, 6.07) is 11.2. The average molecular weight is 351 g/mol. The minimum absolute atomic E-state index is 0.211. The number of hydrogen-bond acceptors (Lipinski definition) is 5. The lowest BCUT2D eigenvalue weighted by Gasteiger charge is -2.15. The molecule has 0 bridgehead atoms. The first-order valence-corrected chi connectivity index (χ1v) is 8.47. The molecule has 1 aromatic carbocycles. The maximum atomic E-state index is 14.3. The molecule has 2 atom stereocenters. The zero-order valence-corrected chi connectivity index (χ0v) is 14.1. The molecule has 1 saturated heterocycles. The summed E-state index contributed by atoms with van der Waals surface area (Å²) in [5, 5.41) is 8.95. The van der Waals surface area contributed by atoms with Crippen LogP contribution >= 0.6 is 0 Å². The summed E-state index contributed by atoms with van der Waals surface area (Å²) < 4.78 is 20.1. The third-order valence-electron chi connectivity index (χ3n) is 4.50. The van der Waals surface area contributed by atoms with E-state index in [9.17, 15) is 4.39 Å². The van der Waals surface area contributed by atoms with Crippen LogP contribution in [0.15, 0.2) is 42.7 Å². The first-order valence-electron chi connectivity index (χ1n) is 8.47. The van der Waals surface area contributed by atoms with Crippen LogP contribution in [0.3, 0.4) is 0 Å². The quantitative estimate of drug-likeness (QED) is 0.764. The van der Waals surface area contributed by atoms with Crippen molar-refractivity contribution in [2.45, 2.75) is 25.4 Å². The number of nitrogens with one attached hydrogen (secondary N) is 1. The number of ether oxygens (including phenoxy) is 1. The standard InChI is InChI=1S/C19H18FN5O/c20-15-10-25(9-14-2-1-5-22-8-14)11-18(15)26-12-19-23-16-4-3-13(7-21)6-17(16)24-19/h1-6,8,15,18H,9-12H2,(H,23,24)/t15-,18+/m1/s1. The lowest BCUT2D eigenvalue weighted by atomic mass is 10.2. The van der Waals surface area contributed by atoms with Gasteiger partial charge in [0.1, 0.15) is 24.7 Å². The SMILES string of the molecule is N#Cc1ccc2nc(CO[C@H]3CN(Cc4cccnc4)C[C@H]3F)[nH]c2c1. The minimum Gasteiger partial charge on any atom is -0.366 e. The van der Waals surface area contributed by atoms with Gasteiger partial charge in [-0.2, -0.15) is 5.26 Å². The predicted octanol–water partition coefficient (Wildman–Crippen LogP) is 2.57. The van der Waals surface area contributed by atoms with E-state index in [1.807, 2.05) is 17.0 Å². The summed E-state index contributed by atoms with van der Waals surface area (Å²) in [5.41, 5.74) is 3.18. The van der Waals surface area contributed by atoms with Crippen molar-refractivity contribution in [3.8, 4) is 6.07 Å². The normalized spacial score (nSPS) is 20.5. The highest BCUT2D eigenvalue weighted by Gasteiger charge is 2.33. The number of likely N-dealkylation sites (tertiary alicyclic amines) is 1. The zero-order chi connectivity index (χ0) is 17.9. The second-order valence-corrected chi connectivity index (χ2v) is 6.45. The topological polar surface area (TPSA) is 77.8 Å². The summed E-state index contributed by atoms with van der Waals surface area (Å²) in [6.07, 6.45) is 2.02. The average Bonchev–Trinajstić information content (AvgIpc) is 3.22. The van der Waals surface area contributed by atoms with E-state index in [1.54, 1.807) is 30.6 Å². The fourth-order valence-electron chi connectivity index (χ4n) is 3.23. The lowest BCUT2D eigenvalue weighted by Crippen LogP contribution is -2.24. The third-order valence-corrected chi connectivity index (χ3v) is 4.50. The van der Waals surface area contributed by atoms with Crippen LogP contribution in [0.4, 0.5) is 4.39 Å². The molecule has 4 rings (SSSR count). The van der Waals surface area contributed by atoms with E-state index in [0.717, 1.165) is 16.6 Å². The molecule has 1 N–H and O–H groups in total. The van der Waals surface area contributed by atoms with Crippen LogP contribution in [0.5, 0.6) is 0 Å². The molecule has 0 unspecified atom stereocenters. The maximum absolute atomic E-state index is 14.3. The van der Waals surface area contributed by atoms with Gasteiger partial charge in [-0.3, -0.25) is 9.88 Å². The number of nitrogens with zero attached hydrogens (tertiary/aromatic N) is 4. The lowest BCUT2D eigenvalue weighted by molar-refractivity contribution is 0.00863. The van der Waals surface area contributed by atoms with Crippen LogP contribution in [-0.4, -0.2) is 45.2 Å². The summed E-state index contributed by atoms with van der Waals surface area (Å²) in [4.78, 5) is 13.7. The minimum atomic E-state index is -1.03. The second kappa shape index (κ2) is 7.20. The van der Waals surface area contributed by atoms with E-state index >= 15 is 0 Å².